The van der Waals surface area contributed by atoms with Crippen LogP contribution in [0.3, 0.4) is 0 Å². The Bertz CT molecular complexity index is 396. The predicted molar refractivity (Wildman–Crippen MR) is 48.9 cm³/mol. The summed E-state index contributed by atoms with van der Waals surface area (Å²) in [6.07, 6.45) is 0. The summed E-state index contributed by atoms with van der Waals surface area (Å²) in [5.74, 6) is -0.495. The number of rotatable bonds is 1. The number of ether oxygens (including phenoxy) is 1. The highest BCUT2D eigenvalue weighted by Gasteiger charge is 2.21. The summed E-state index contributed by atoms with van der Waals surface area (Å²) in [5, 5.41) is 0. The molecule has 0 fully saturated rings. The van der Waals surface area contributed by atoms with Crippen molar-refractivity contribution in [3.05, 3.63) is 17.1 Å². The van der Waals surface area contributed by atoms with Gasteiger partial charge in [-0.15, -0.1) is 0 Å². The SMILES string of the molecule is BOC(=O)c1nc2c(nc1N)COC2. The van der Waals surface area contributed by atoms with Crippen molar-refractivity contribution < 1.29 is 14.2 Å². The molecule has 6 nitrogen and oxygen atoms in total. The maximum Gasteiger partial charge on any atom is 0.342 e. The third kappa shape index (κ3) is 1.31. The average molecular weight is 193 g/mol. The molecule has 0 spiro atoms. The smallest absolute Gasteiger partial charge is 0.342 e. The Balaban J connectivity index is 2.47. The van der Waals surface area contributed by atoms with Gasteiger partial charge in [-0.25, -0.2) is 14.8 Å². The summed E-state index contributed by atoms with van der Waals surface area (Å²) in [6.45, 7) is 0.764. The second-order valence-corrected chi connectivity index (χ2v) is 2.84. The molecular formula is C7H8BN3O3. The minimum absolute atomic E-state index is 0.0525. The molecule has 14 heavy (non-hydrogen) atoms. The molecule has 2 rings (SSSR count). The molecule has 7 heteroatoms. The number of nitrogens with zero attached hydrogens (tertiary/aromatic N) is 2. The summed E-state index contributed by atoms with van der Waals surface area (Å²) in [4.78, 5) is 19.2. The molecule has 0 aromatic carbocycles. The molecule has 0 saturated carbocycles. The van der Waals surface area contributed by atoms with Gasteiger partial charge < -0.3 is 15.1 Å². The van der Waals surface area contributed by atoms with Crippen LogP contribution < -0.4 is 5.73 Å². The fourth-order valence-corrected chi connectivity index (χ4v) is 1.24. The largest absolute Gasteiger partial charge is 0.539 e. The summed E-state index contributed by atoms with van der Waals surface area (Å²) in [7, 11) is 1.27. The lowest BCUT2D eigenvalue weighted by Gasteiger charge is -2.04. The topological polar surface area (TPSA) is 87.3 Å². The van der Waals surface area contributed by atoms with Gasteiger partial charge in [0.25, 0.3) is 0 Å². The molecule has 72 valence electrons. The Morgan fingerprint density at radius 3 is 2.71 bits per heavy atom. The van der Waals surface area contributed by atoms with Crippen molar-refractivity contribution in [2.24, 2.45) is 0 Å². The molecular weight excluding hydrogens is 185 g/mol. The van der Waals surface area contributed by atoms with E-state index < -0.39 is 5.97 Å². The Labute approximate surface area is 80.9 Å². The lowest BCUT2D eigenvalue weighted by atomic mass is 10.3. The quantitative estimate of drug-likeness (QED) is 0.563. The van der Waals surface area contributed by atoms with Crippen LogP contribution in [0.1, 0.15) is 21.9 Å². The first-order chi connectivity index (χ1) is 6.72. The van der Waals surface area contributed by atoms with E-state index in [0.29, 0.717) is 24.6 Å². The van der Waals surface area contributed by atoms with Gasteiger partial charge in [0.15, 0.2) is 11.5 Å². The van der Waals surface area contributed by atoms with Crippen molar-refractivity contribution in [3.63, 3.8) is 0 Å². The van der Waals surface area contributed by atoms with Gasteiger partial charge in [0.1, 0.15) is 0 Å². The zero-order valence-corrected chi connectivity index (χ0v) is 7.61. The van der Waals surface area contributed by atoms with E-state index >= 15 is 0 Å². The number of carbonyl (C=O) groups excluding carboxylic acids is 1. The highest BCUT2D eigenvalue weighted by atomic mass is 16.5. The van der Waals surface area contributed by atoms with Crippen LogP contribution in [0.4, 0.5) is 5.82 Å². The fraction of sp³-hybridized carbons (Fsp3) is 0.286. The van der Waals surface area contributed by atoms with Crippen molar-refractivity contribution in [1.29, 1.82) is 0 Å². The number of nitrogens with two attached hydrogens (primary N) is 1. The lowest BCUT2D eigenvalue weighted by molar-refractivity contribution is 0.0743. The van der Waals surface area contributed by atoms with Crippen LogP contribution in [0.15, 0.2) is 0 Å². The minimum atomic E-state index is -0.579. The number of hydrogen-bond acceptors (Lipinski definition) is 6. The monoisotopic (exact) mass is 193 g/mol. The molecule has 2 heterocycles. The van der Waals surface area contributed by atoms with E-state index in [-0.39, 0.29) is 11.5 Å². The van der Waals surface area contributed by atoms with Gasteiger partial charge in [0.05, 0.1) is 24.6 Å². The third-order valence-corrected chi connectivity index (χ3v) is 1.93. The Morgan fingerprint density at radius 2 is 2.07 bits per heavy atom. The molecule has 0 radical (unpaired) electrons. The van der Waals surface area contributed by atoms with Crippen molar-refractivity contribution in [2.75, 3.05) is 5.73 Å². The molecule has 1 aliphatic rings. The van der Waals surface area contributed by atoms with Gasteiger partial charge >= 0.3 is 14.0 Å². The van der Waals surface area contributed by atoms with Gasteiger partial charge in [0, 0.05) is 0 Å². The molecule has 2 N–H and O–H groups in total. The van der Waals surface area contributed by atoms with Gasteiger partial charge in [-0.3, -0.25) is 0 Å². The maximum absolute atomic E-state index is 11.2. The molecule has 0 atom stereocenters. The van der Waals surface area contributed by atoms with E-state index in [1.165, 1.54) is 8.05 Å². The predicted octanol–water partition coefficient (Wildman–Crippen LogP) is -1.21. The number of aromatic nitrogens is 2. The molecule has 0 bridgehead atoms. The Hall–Kier alpha value is -1.63. The first-order valence-electron chi connectivity index (χ1n) is 4.03. The molecule has 0 amide bonds. The summed E-state index contributed by atoms with van der Waals surface area (Å²) < 4.78 is 9.62. The van der Waals surface area contributed by atoms with Gasteiger partial charge in [0.2, 0.25) is 0 Å². The van der Waals surface area contributed by atoms with Crippen molar-refractivity contribution in [3.8, 4) is 0 Å². The summed E-state index contributed by atoms with van der Waals surface area (Å²) in [6, 6.07) is 0. The zero-order chi connectivity index (χ0) is 10.1. The first-order valence-corrected chi connectivity index (χ1v) is 4.03. The number of anilines is 1. The highest BCUT2D eigenvalue weighted by Crippen LogP contribution is 2.18. The van der Waals surface area contributed by atoms with Gasteiger partial charge in [-0.2, -0.15) is 0 Å². The van der Waals surface area contributed by atoms with Crippen molar-refractivity contribution in [1.82, 2.24) is 9.97 Å². The minimum Gasteiger partial charge on any atom is -0.539 e. The van der Waals surface area contributed by atoms with Crippen LogP contribution in [-0.4, -0.2) is 24.0 Å². The van der Waals surface area contributed by atoms with Crippen LogP contribution in [0.5, 0.6) is 0 Å². The van der Waals surface area contributed by atoms with Crippen LogP contribution in [-0.2, 0) is 22.6 Å². The van der Waals surface area contributed by atoms with Crippen molar-refractivity contribution in [2.45, 2.75) is 13.2 Å². The molecule has 0 saturated heterocycles. The summed E-state index contributed by atoms with van der Waals surface area (Å²) in [5.41, 5.74) is 6.94. The van der Waals surface area contributed by atoms with E-state index in [1.54, 1.807) is 0 Å². The molecule has 1 aromatic rings. The Morgan fingerprint density at radius 1 is 1.43 bits per heavy atom. The normalized spacial score (nSPS) is 13.7. The molecule has 1 aliphatic heterocycles. The van der Waals surface area contributed by atoms with Crippen LogP contribution >= 0.6 is 0 Å². The van der Waals surface area contributed by atoms with E-state index in [1.807, 2.05) is 0 Å². The standard InChI is InChI=1S/C7H8BN3O3/c8-14-7(12)5-6(9)11-4-2-13-1-3(4)10-5/h1-2,8H2,(H2,9,11). The lowest BCUT2D eigenvalue weighted by Crippen LogP contribution is -2.13. The van der Waals surface area contributed by atoms with Gasteiger partial charge in [-0.1, -0.05) is 0 Å². The number of nitrogen functional groups attached to an aromatic ring is 1. The summed E-state index contributed by atoms with van der Waals surface area (Å²) >= 11 is 0. The van der Waals surface area contributed by atoms with Crippen LogP contribution in [0.2, 0.25) is 0 Å². The van der Waals surface area contributed by atoms with Crippen LogP contribution in [0.25, 0.3) is 0 Å². The Kier molecular flexibility index (Phi) is 2.09. The van der Waals surface area contributed by atoms with E-state index in [9.17, 15) is 4.79 Å². The molecule has 0 unspecified atom stereocenters. The average Bonchev–Trinajstić information content (AvgIpc) is 2.62. The van der Waals surface area contributed by atoms with E-state index in [2.05, 4.69) is 14.6 Å². The first kappa shape index (κ1) is 8.95. The maximum atomic E-state index is 11.2. The van der Waals surface area contributed by atoms with Gasteiger partial charge in [-0.05, 0) is 0 Å². The third-order valence-electron chi connectivity index (χ3n) is 1.93. The molecule has 1 aromatic heterocycles. The zero-order valence-electron chi connectivity index (χ0n) is 7.61. The second kappa shape index (κ2) is 3.26. The fourth-order valence-electron chi connectivity index (χ4n) is 1.24. The number of hydrogen-bond donors (Lipinski definition) is 1. The van der Waals surface area contributed by atoms with Crippen LogP contribution in [0, 0.1) is 0 Å². The molecule has 0 aliphatic carbocycles. The van der Waals surface area contributed by atoms with E-state index in [0.717, 1.165) is 0 Å². The van der Waals surface area contributed by atoms with E-state index in [4.69, 9.17) is 10.5 Å². The van der Waals surface area contributed by atoms with Crippen molar-refractivity contribution >= 4 is 19.8 Å². The highest BCUT2D eigenvalue weighted by molar-refractivity contribution is 6.09. The number of carbonyl (C=O) groups is 1. The number of fused-ring (bicyclic) bond motifs is 1. The second-order valence-electron chi connectivity index (χ2n) is 2.84.